The van der Waals surface area contributed by atoms with Gasteiger partial charge in [-0.3, -0.25) is 0 Å². The summed E-state index contributed by atoms with van der Waals surface area (Å²) in [4.78, 5) is 18.0. The molecule has 0 aliphatic carbocycles. The van der Waals surface area contributed by atoms with Crippen molar-refractivity contribution < 1.29 is 9.90 Å². The first-order valence-corrected chi connectivity index (χ1v) is 7.29. The number of aromatic carboxylic acids is 1. The van der Waals surface area contributed by atoms with E-state index in [1.165, 1.54) is 0 Å². The SMILES string of the molecule is CCCc1cc(C(=O)O)cc(N(C)C2CCNCC2)n1. The largest absolute Gasteiger partial charge is 0.478 e. The van der Waals surface area contributed by atoms with Crippen LogP contribution < -0.4 is 10.2 Å². The lowest BCUT2D eigenvalue weighted by atomic mass is 10.0. The van der Waals surface area contributed by atoms with Gasteiger partial charge in [0, 0.05) is 18.8 Å². The number of carboxylic acid groups (broad SMARTS) is 1. The summed E-state index contributed by atoms with van der Waals surface area (Å²) in [6.07, 6.45) is 3.91. The number of hydrogen-bond donors (Lipinski definition) is 2. The number of aromatic nitrogens is 1. The van der Waals surface area contributed by atoms with E-state index in [9.17, 15) is 9.90 Å². The van der Waals surface area contributed by atoms with Crippen LogP contribution >= 0.6 is 0 Å². The van der Waals surface area contributed by atoms with Crippen molar-refractivity contribution in [3.63, 3.8) is 0 Å². The predicted octanol–water partition coefficient (Wildman–Crippen LogP) is 1.92. The Bertz CT molecular complexity index is 470. The van der Waals surface area contributed by atoms with Crippen LogP contribution in [0.3, 0.4) is 0 Å². The fraction of sp³-hybridized carbons (Fsp3) is 0.600. The molecular formula is C15H23N3O2. The first-order valence-electron chi connectivity index (χ1n) is 7.29. The Morgan fingerprint density at radius 2 is 2.15 bits per heavy atom. The molecule has 2 rings (SSSR count). The minimum absolute atomic E-state index is 0.333. The van der Waals surface area contributed by atoms with Gasteiger partial charge in [-0.25, -0.2) is 9.78 Å². The maximum atomic E-state index is 11.3. The van der Waals surface area contributed by atoms with E-state index < -0.39 is 5.97 Å². The average molecular weight is 277 g/mol. The number of pyridine rings is 1. The van der Waals surface area contributed by atoms with E-state index in [0.717, 1.165) is 50.3 Å². The van der Waals surface area contributed by atoms with Gasteiger partial charge in [0.1, 0.15) is 5.82 Å². The summed E-state index contributed by atoms with van der Waals surface area (Å²) in [5, 5.41) is 12.6. The van der Waals surface area contributed by atoms with Gasteiger partial charge in [-0.2, -0.15) is 0 Å². The Labute approximate surface area is 120 Å². The monoisotopic (exact) mass is 277 g/mol. The lowest BCUT2D eigenvalue weighted by Crippen LogP contribution is -2.41. The summed E-state index contributed by atoms with van der Waals surface area (Å²) in [5.74, 6) is -0.107. The van der Waals surface area contributed by atoms with Crippen molar-refractivity contribution in [1.82, 2.24) is 10.3 Å². The molecule has 20 heavy (non-hydrogen) atoms. The number of carbonyl (C=O) groups is 1. The third kappa shape index (κ3) is 3.48. The van der Waals surface area contributed by atoms with Crippen molar-refractivity contribution in [3.05, 3.63) is 23.4 Å². The lowest BCUT2D eigenvalue weighted by Gasteiger charge is -2.32. The van der Waals surface area contributed by atoms with Gasteiger partial charge in [0.2, 0.25) is 0 Å². The number of carboxylic acids is 1. The Kier molecular flexibility index (Phi) is 4.95. The molecular weight excluding hydrogens is 254 g/mol. The number of nitrogens with zero attached hydrogens (tertiary/aromatic N) is 2. The summed E-state index contributed by atoms with van der Waals surface area (Å²) in [7, 11) is 2.01. The van der Waals surface area contributed by atoms with Crippen molar-refractivity contribution in [2.24, 2.45) is 0 Å². The van der Waals surface area contributed by atoms with Crippen LogP contribution in [0.5, 0.6) is 0 Å². The molecule has 1 aromatic rings. The highest BCUT2D eigenvalue weighted by atomic mass is 16.4. The van der Waals surface area contributed by atoms with Gasteiger partial charge in [-0.15, -0.1) is 0 Å². The molecule has 1 fully saturated rings. The summed E-state index contributed by atoms with van der Waals surface area (Å²) in [5.41, 5.74) is 1.20. The van der Waals surface area contributed by atoms with E-state index in [0.29, 0.717) is 11.6 Å². The molecule has 1 saturated heterocycles. The Hall–Kier alpha value is -1.62. The van der Waals surface area contributed by atoms with Crippen molar-refractivity contribution in [1.29, 1.82) is 0 Å². The van der Waals surface area contributed by atoms with Crippen molar-refractivity contribution in [2.45, 2.75) is 38.6 Å². The van der Waals surface area contributed by atoms with Crippen LogP contribution in [0, 0.1) is 0 Å². The molecule has 0 atom stereocenters. The first kappa shape index (κ1) is 14.8. The van der Waals surface area contributed by atoms with Crippen LogP contribution in [0.15, 0.2) is 12.1 Å². The highest BCUT2D eigenvalue weighted by Gasteiger charge is 2.20. The molecule has 1 aromatic heterocycles. The van der Waals surface area contributed by atoms with E-state index in [2.05, 4.69) is 22.1 Å². The van der Waals surface area contributed by atoms with Gasteiger partial charge >= 0.3 is 5.97 Å². The molecule has 2 heterocycles. The molecule has 5 nitrogen and oxygen atoms in total. The van der Waals surface area contributed by atoms with E-state index in [1.807, 2.05) is 7.05 Å². The van der Waals surface area contributed by atoms with Gasteiger partial charge < -0.3 is 15.3 Å². The lowest BCUT2D eigenvalue weighted by molar-refractivity contribution is 0.0696. The van der Waals surface area contributed by atoms with Gasteiger partial charge in [0.25, 0.3) is 0 Å². The highest BCUT2D eigenvalue weighted by molar-refractivity contribution is 5.88. The number of rotatable bonds is 5. The second-order valence-electron chi connectivity index (χ2n) is 5.35. The van der Waals surface area contributed by atoms with Crippen molar-refractivity contribution in [3.8, 4) is 0 Å². The highest BCUT2D eigenvalue weighted by Crippen LogP contribution is 2.20. The topological polar surface area (TPSA) is 65.5 Å². The summed E-state index contributed by atoms with van der Waals surface area (Å²) in [6.45, 7) is 4.09. The molecule has 0 unspecified atom stereocenters. The quantitative estimate of drug-likeness (QED) is 0.861. The number of anilines is 1. The Morgan fingerprint density at radius 1 is 1.45 bits per heavy atom. The van der Waals surface area contributed by atoms with Crippen LogP contribution in [0.2, 0.25) is 0 Å². The normalized spacial score (nSPS) is 16.1. The maximum absolute atomic E-state index is 11.3. The van der Waals surface area contributed by atoms with Crippen molar-refractivity contribution in [2.75, 3.05) is 25.0 Å². The van der Waals surface area contributed by atoms with E-state index in [1.54, 1.807) is 12.1 Å². The summed E-state index contributed by atoms with van der Waals surface area (Å²) >= 11 is 0. The molecule has 0 amide bonds. The molecule has 110 valence electrons. The van der Waals surface area contributed by atoms with Crippen LogP contribution in [-0.2, 0) is 6.42 Å². The fourth-order valence-corrected chi connectivity index (χ4v) is 2.64. The molecule has 1 aliphatic heterocycles. The molecule has 0 radical (unpaired) electrons. The third-order valence-electron chi connectivity index (χ3n) is 3.84. The van der Waals surface area contributed by atoms with Crippen molar-refractivity contribution >= 4 is 11.8 Å². The fourth-order valence-electron chi connectivity index (χ4n) is 2.64. The number of nitrogens with one attached hydrogen (secondary N) is 1. The first-order chi connectivity index (χ1) is 9.61. The second kappa shape index (κ2) is 6.70. The summed E-state index contributed by atoms with van der Waals surface area (Å²) < 4.78 is 0. The van der Waals surface area contributed by atoms with Gasteiger partial charge in [0.05, 0.1) is 5.56 Å². The smallest absolute Gasteiger partial charge is 0.335 e. The molecule has 0 bridgehead atoms. The van der Waals surface area contributed by atoms with Crippen LogP contribution in [0.4, 0.5) is 5.82 Å². The van der Waals surface area contributed by atoms with Gasteiger partial charge in [-0.1, -0.05) is 13.3 Å². The van der Waals surface area contributed by atoms with Crippen LogP contribution in [-0.4, -0.2) is 42.2 Å². The molecule has 2 N–H and O–H groups in total. The Balaban J connectivity index is 2.26. The van der Waals surface area contributed by atoms with Crippen LogP contribution in [0.25, 0.3) is 0 Å². The van der Waals surface area contributed by atoms with Gasteiger partial charge in [0.15, 0.2) is 0 Å². The zero-order valence-corrected chi connectivity index (χ0v) is 12.2. The maximum Gasteiger partial charge on any atom is 0.335 e. The minimum Gasteiger partial charge on any atom is -0.478 e. The zero-order valence-electron chi connectivity index (χ0n) is 12.2. The van der Waals surface area contributed by atoms with Gasteiger partial charge in [-0.05, 0) is 44.5 Å². The molecule has 0 spiro atoms. The average Bonchev–Trinajstić information content (AvgIpc) is 2.47. The summed E-state index contributed by atoms with van der Waals surface area (Å²) in [6, 6.07) is 3.80. The minimum atomic E-state index is -0.885. The predicted molar refractivity (Wildman–Crippen MR) is 79.5 cm³/mol. The number of piperidine rings is 1. The molecule has 5 heteroatoms. The second-order valence-corrected chi connectivity index (χ2v) is 5.35. The zero-order chi connectivity index (χ0) is 14.5. The number of hydrogen-bond acceptors (Lipinski definition) is 4. The van der Waals surface area contributed by atoms with E-state index in [-0.39, 0.29) is 0 Å². The Morgan fingerprint density at radius 3 is 2.75 bits per heavy atom. The molecule has 1 aliphatic rings. The van der Waals surface area contributed by atoms with E-state index in [4.69, 9.17) is 0 Å². The third-order valence-corrected chi connectivity index (χ3v) is 3.84. The number of aryl methyl sites for hydroxylation is 1. The molecule has 0 aromatic carbocycles. The van der Waals surface area contributed by atoms with E-state index >= 15 is 0 Å². The van der Waals surface area contributed by atoms with Crippen LogP contribution in [0.1, 0.15) is 42.2 Å². The standard InChI is InChI=1S/C15H23N3O2/c1-3-4-12-9-11(15(19)20)10-14(17-12)18(2)13-5-7-16-8-6-13/h9-10,13,16H,3-8H2,1-2H3,(H,19,20). The molecule has 0 saturated carbocycles.